The highest BCUT2D eigenvalue weighted by molar-refractivity contribution is 9.10. The third-order valence-corrected chi connectivity index (χ3v) is 4.02. The van der Waals surface area contributed by atoms with Crippen molar-refractivity contribution in [1.29, 1.82) is 0 Å². The van der Waals surface area contributed by atoms with Gasteiger partial charge in [0.25, 0.3) is 0 Å². The molecule has 5 heteroatoms. The van der Waals surface area contributed by atoms with Crippen molar-refractivity contribution >= 4 is 33.9 Å². The lowest BCUT2D eigenvalue weighted by atomic mass is 10.1. The third kappa shape index (κ3) is 3.35. The molecule has 0 saturated carbocycles. The number of esters is 1. The van der Waals surface area contributed by atoms with Crippen LogP contribution >= 0.6 is 15.9 Å². The number of ether oxygens (including phenoxy) is 2. The van der Waals surface area contributed by atoms with Crippen molar-refractivity contribution in [2.45, 2.75) is 6.92 Å². The van der Waals surface area contributed by atoms with Crippen LogP contribution in [0.4, 0.5) is 0 Å². The fourth-order valence-electron chi connectivity index (χ4n) is 2.16. The molecule has 2 aromatic carbocycles. The Morgan fingerprint density at radius 3 is 2.57 bits per heavy atom. The van der Waals surface area contributed by atoms with Gasteiger partial charge in [0.2, 0.25) is 5.90 Å². The number of hydrogen-bond acceptors (Lipinski definition) is 4. The first-order valence-electron chi connectivity index (χ1n) is 7.00. The second-order valence-electron chi connectivity index (χ2n) is 5.10. The lowest BCUT2D eigenvalue weighted by Crippen LogP contribution is -2.05. The van der Waals surface area contributed by atoms with Gasteiger partial charge in [-0.2, -0.15) is 0 Å². The van der Waals surface area contributed by atoms with Crippen LogP contribution in [0, 0.1) is 6.92 Å². The van der Waals surface area contributed by atoms with Crippen LogP contribution in [0.5, 0.6) is 5.75 Å². The maximum absolute atomic E-state index is 12.0. The van der Waals surface area contributed by atoms with Crippen molar-refractivity contribution in [3.05, 3.63) is 69.3 Å². The highest BCUT2D eigenvalue weighted by atomic mass is 79.9. The van der Waals surface area contributed by atoms with Crippen LogP contribution in [0.25, 0.3) is 6.08 Å². The zero-order valence-corrected chi connectivity index (χ0v) is 14.3. The molecule has 116 valence electrons. The number of aryl methyl sites for hydroxylation is 1. The second-order valence-corrected chi connectivity index (χ2v) is 5.95. The topological polar surface area (TPSA) is 47.9 Å². The van der Waals surface area contributed by atoms with Gasteiger partial charge in [-0.25, -0.2) is 9.79 Å². The molecule has 1 aliphatic heterocycles. The van der Waals surface area contributed by atoms with E-state index in [0.29, 0.717) is 5.90 Å². The summed E-state index contributed by atoms with van der Waals surface area (Å²) in [4.78, 5) is 16.3. The van der Waals surface area contributed by atoms with E-state index in [-0.39, 0.29) is 5.70 Å². The van der Waals surface area contributed by atoms with Crippen LogP contribution in [0.3, 0.4) is 0 Å². The molecule has 0 fully saturated rings. The summed E-state index contributed by atoms with van der Waals surface area (Å²) >= 11 is 3.42. The number of carbonyl (C=O) groups excluding carboxylic acids is 1. The summed E-state index contributed by atoms with van der Waals surface area (Å²) in [5.74, 6) is 0.603. The second kappa shape index (κ2) is 6.38. The van der Waals surface area contributed by atoms with Gasteiger partial charge in [0.05, 0.1) is 11.6 Å². The molecule has 0 radical (unpaired) electrons. The first-order chi connectivity index (χ1) is 11.1. The molecular formula is C18H14BrNO3. The molecule has 2 aromatic rings. The number of aliphatic imine (C=N–C) groups is 1. The summed E-state index contributed by atoms with van der Waals surface area (Å²) in [6.07, 6.45) is 1.69. The van der Waals surface area contributed by atoms with Gasteiger partial charge in [0.1, 0.15) is 5.75 Å². The molecule has 0 spiro atoms. The lowest BCUT2D eigenvalue weighted by Gasteiger charge is -2.03. The molecule has 3 rings (SSSR count). The van der Waals surface area contributed by atoms with Crippen LogP contribution in [-0.2, 0) is 9.53 Å². The summed E-state index contributed by atoms with van der Waals surface area (Å²) in [6, 6.07) is 13.2. The van der Waals surface area contributed by atoms with Crippen LogP contribution in [-0.4, -0.2) is 19.0 Å². The smallest absolute Gasteiger partial charge is 0.363 e. The van der Waals surface area contributed by atoms with E-state index >= 15 is 0 Å². The van der Waals surface area contributed by atoms with E-state index in [9.17, 15) is 4.79 Å². The fourth-order valence-corrected chi connectivity index (χ4v) is 2.72. The van der Waals surface area contributed by atoms with Crippen molar-refractivity contribution in [3.8, 4) is 5.75 Å². The zero-order chi connectivity index (χ0) is 16.4. The predicted molar refractivity (Wildman–Crippen MR) is 92.5 cm³/mol. The summed E-state index contributed by atoms with van der Waals surface area (Å²) < 4.78 is 11.3. The molecule has 0 atom stereocenters. The van der Waals surface area contributed by atoms with Crippen LogP contribution in [0.2, 0.25) is 0 Å². The minimum atomic E-state index is -0.451. The van der Waals surface area contributed by atoms with E-state index in [2.05, 4.69) is 20.9 Å². The fraction of sp³-hybridized carbons (Fsp3) is 0.111. The normalized spacial score (nSPS) is 15.5. The number of nitrogens with zero attached hydrogens (tertiary/aromatic N) is 1. The molecule has 0 aliphatic carbocycles. The Labute approximate surface area is 142 Å². The monoisotopic (exact) mass is 371 g/mol. The van der Waals surface area contributed by atoms with Crippen molar-refractivity contribution in [2.75, 3.05) is 7.11 Å². The number of halogens is 1. The maximum Gasteiger partial charge on any atom is 0.363 e. The lowest BCUT2D eigenvalue weighted by molar-refractivity contribution is -0.129. The van der Waals surface area contributed by atoms with E-state index in [1.807, 2.05) is 49.4 Å². The molecule has 0 amide bonds. The van der Waals surface area contributed by atoms with Gasteiger partial charge in [-0.1, -0.05) is 23.8 Å². The van der Waals surface area contributed by atoms with E-state index in [4.69, 9.17) is 9.47 Å². The minimum absolute atomic E-state index is 0.276. The minimum Gasteiger partial charge on any atom is -0.496 e. The van der Waals surface area contributed by atoms with Gasteiger partial charge >= 0.3 is 5.97 Å². The van der Waals surface area contributed by atoms with E-state index in [0.717, 1.165) is 26.9 Å². The van der Waals surface area contributed by atoms with Crippen LogP contribution in [0.15, 0.2) is 57.6 Å². The Hall–Kier alpha value is -2.40. The molecule has 1 aliphatic rings. The summed E-state index contributed by atoms with van der Waals surface area (Å²) in [7, 11) is 1.60. The van der Waals surface area contributed by atoms with E-state index in [1.54, 1.807) is 13.2 Å². The van der Waals surface area contributed by atoms with Gasteiger partial charge in [0.15, 0.2) is 5.70 Å². The van der Waals surface area contributed by atoms with Crippen LogP contribution < -0.4 is 4.74 Å². The van der Waals surface area contributed by atoms with Gasteiger partial charge < -0.3 is 9.47 Å². The summed E-state index contributed by atoms with van der Waals surface area (Å²) in [6.45, 7) is 2.00. The van der Waals surface area contributed by atoms with Gasteiger partial charge in [0, 0.05) is 5.56 Å². The number of cyclic esters (lactones) is 1. The molecular weight excluding hydrogens is 358 g/mol. The molecule has 0 aromatic heterocycles. The highest BCUT2D eigenvalue weighted by Gasteiger charge is 2.24. The molecule has 0 N–H and O–H groups in total. The molecule has 0 bridgehead atoms. The maximum atomic E-state index is 12.0. The highest BCUT2D eigenvalue weighted by Crippen LogP contribution is 2.27. The van der Waals surface area contributed by atoms with Gasteiger partial charge in [-0.05, 0) is 58.8 Å². The predicted octanol–water partition coefficient (Wildman–Crippen LogP) is 4.11. The molecule has 4 nitrogen and oxygen atoms in total. The molecule has 0 saturated heterocycles. The Bertz CT molecular complexity index is 823. The van der Waals surface area contributed by atoms with Crippen molar-refractivity contribution in [2.24, 2.45) is 4.99 Å². The van der Waals surface area contributed by atoms with Gasteiger partial charge in [-0.3, -0.25) is 0 Å². The SMILES string of the molecule is COc1ccc(/C=C2\N=C(c3ccc(C)cc3)OC2=O)cc1Br. The number of hydrogen-bond donors (Lipinski definition) is 0. The van der Waals surface area contributed by atoms with Crippen LogP contribution in [0.1, 0.15) is 16.7 Å². The summed E-state index contributed by atoms with van der Waals surface area (Å²) in [5.41, 5.74) is 3.02. The largest absolute Gasteiger partial charge is 0.496 e. The van der Waals surface area contributed by atoms with Crippen molar-refractivity contribution < 1.29 is 14.3 Å². The Morgan fingerprint density at radius 2 is 1.91 bits per heavy atom. The quantitative estimate of drug-likeness (QED) is 0.602. The Kier molecular flexibility index (Phi) is 4.30. The number of carbonyl (C=O) groups is 1. The number of benzene rings is 2. The first kappa shape index (κ1) is 15.5. The first-order valence-corrected chi connectivity index (χ1v) is 7.79. The van der Waals surface area contributed by atoms with Gasteiger partial charge in [-0.15, -0.1) is 0 Å². The molecule has 23 heavy (non-hydrogen) atoms. The third-order valence-electron chi connectivity index (χ3n) is 3.40. The summed E-state index contributed by atoms with van der Waals surface area (Å²) in [5, 5.41) is 0. The zero-order valence-electron chi connectivity index (χ0n) is 12.7. The van der Waals surface area contributed by atoms with E-state index in [1.165, 1.54) is 0 Å². The molecule has 0 unspecified atom stereocenters. The average Bonchev–Trinajstić information content (AvgIpc) is 2.89. The number of methoxy groups -OCH3 is 1. The van der Waals surface area contributed by atoms with Crippen molar-refractivity contribution in [1.82, 2.24) is 0 Å². The Balaban J connectivity index is 1.91. The number of rotatable bonds is 3. The standard InChI is InChI=1S/C18H14BrNO3/c1-11-3-6-13(7-4-11)17-20-15(18(21)23-17)10-12-5-8-16(22-2)14(19)9-12/h3-10H,1-2H3/b15-10-. The molecule has 1 heterocycles. The Morgan fingerprint density at radius 1 is 1.17 bits per heavy atom. The van der Waals surface area contributed by atoms with Crippen molar-refractivity contribution in [3.63, 3.8) is 0 Å². The van der Waals surface area contributed by atoms with E-state index < -0.39 is 5.97 Å². The average molecular weight is 372 g/mol.